The molecule has 0 saturated heterocycles. The number of benzene rings is 1. The lowest BCUT2D eigenvalue weighted by atomic mass is 9.80. The number of amides is 2. The molecule has 1 aromatic heterocycles. The molecule has 0 saturated carbocycles. The largest absolute Gasteiger partial charge is 0.361 e. The first-order valence-corrected chi connectivity index (χ1v) is 8.59. The monoisotopic (exact) mass is 345 g/mol. The summed E-state index contributed by atoms with van der Waals surface area (Å²) >= 11 is 0. The summed E-state index contributed by atoms with van der Waals surface area (Å²) in [6.07, 6.45) is 1.57. The van der Waals surface area contributed by atoms with Crippen LogP contribution < -0.4 is 5.32 Å². The van der Waals surface area contributed by atoms with E-state index in [9.17, 15) is 9.18 Å². The van der Waals surface area contributed by atoms with E-state index in [0.29, 0.717) is 13.0 Å². The van der Waals surface area contributed by atoms with Gasteiger partial charge in [-0.25, -0.2) is 9.18 Å². The second-order valence-electron chi connectivity index (χ2n) is 6.91. The quantitative estimate of drug-likeness (QED) is 0.918. The molecule has 0 unspecified atom stereocenters. The molecule has 25 heavy (non-hydrogen) atoms. The average Bonchev–Trinajstić information content (AvgIpc) is 2.89. The van der Waals surface area contributed by atoms with E-state index in [-0.39, 0.29) is 23.8 Å². The maximum atomic E-state index is 14.1. The van der Waals surface area contributed by atoms with Crippen molar-refractivity contribution in [2.75, 3.05) is 7.05 Å². The minimum Gasteiger partial charge on any atom is -0.361 e. The van der Waals surface area contributed by atoms with Crippen molar-refractivity contribution in [3.8, 4) is 0 Å². The molecule has 6 heteroatoms. The molecule has 0 fully saturated rings. The molecule has 0 radical (unpaired) electrons. The Labute approximate surface area is 147 Å². The van der Waals surface area contributed by atoms with Gasteiger partial charge in [0, 0.05) is 12.6 Å². The third-order valence-corrected chi connectivity index (χ3v) is 5.11. The van der Waals surface area contributed by atoms with E-state index in [1.54, 1.807) is 18.0 Å². The van der Waals surface area contributed by atoms with Gasteiger partial charge in [0.15, 0.2) is 0 Å². The van der Waals surface area contributed by atoms with Crippen molar-refractivity contribution in [3.63, 3.8) is 0 Å². The van der Waals surface area contributed by atoms with Gasteiger partial charge in [-0.3, -0.25) is 0 Å². The number of carbonyl (C=O) groups is 1. The fourth-order valence-electron chi connectivity index (χ4n) is 3.48. The molecule has 2 amide bonds. The van der Waals surface area contributed by atoms with Gasteiger partial charge >= 0.3 is 6.03 Å². The first-order valence-electron chi connectivity index (χ1n) is 8.59. The van der Waals surface area contributed by atoms with Crippen LogP contribution >= 0.6 is 0 Å². The molecule has 134 valence electrons. The minimum absolute atomic E-state index is 0.181. The van der Waals surface area contributed by atoms with Crippen molar-refractivity contribution in [2.24, 2.45) is 5.92 Å². The van der Waals surface area contributed by atoms with Gasteiger partial charge in [0.25, 0.3) is 0 Å². The molecule has 1 aliphatic rings. The number of carbonyl (C=O) groups excluding carboxylic acids is 1. The Bertz CT molecular complexity index is 767. The molecule has 1 aromatic carbocycles. The highest BCUT2D eigenvalue weighted by molar-refractivity contribution is 5.74. The highest BCUT2D eigenvalue weighted by atomic mass is 19.1. The van der Waals surface area contributed by atoms with E-state index in [1.807, 2.05) is 19.9 Å². The van der Waals surface area contributed by atoms with Gasteiger partial charge in [0.2, 0.25) is 0 Å². The van der Waals surface area contributed by atoms with Gasteiger partial charge in [-0.15, -0.1) is 0 Å². The smallest absolute Gasteiger partial charge is 0.317 e. The average molecular weight is 345 g/mol. The van der Waals surface area contributed by atoms with E-state index in [0.717, 1.165) is 34.6 Å². The molecule has 0 bridgehead atoms. The summed E-state index contributed by atoms with van der Waals surface area (Å²) in [5.74, 6) is 0.786. The minimum atomic E-state index is -0.187. The van der Waals surface area contributed by atoms with Gasteiger partial charge in [0.05, 0.1) is 18.3 Å². The fraction of sp³-hybridized carbons (Fsp3) is 0.474. The zero-order chi connectivity index (χ0) is 18.1. The van der Waals surface area contributed by atoms with Crippen molar-refractivity contribution < 1.29 is 13.7 Å². The summed E-state index contributed by atoms with van der Waals surface area (Å²) in [5.41, 5.74) is 3.31. The van der Waals surface area contributed by atoms with Gasteiger partial charge in [-0.1, -0.05) is 24.2 Å². The number of halogens is 1. The molecule has 0 aliphatic heterocycles. The van der Waals surface area contributed by atoms with Crippen LogP contribution in [0.4, 0.5) is 9.18 Å². The first kappa shape index (κ1) is 17.5. The summed E-state index contributed by atoms with van der Waals surface area (Å²) in [5, 5.41) is 6.99. The summed E-state index contributed by atoms with van der Waals surface area (Å²) in [6, 6.07) is 4.73. The van der Waals surface area contributed by atoms with Crippen molar-refractivity contribution in [1.82, 2.24) is 15.4 Å². The van der Waals surface area contributed by atoms with Crippen LogP contribution in [0.3, 0.4) is 0 Å². The Balaban J connectivity index is 1.75. The number of nitrogens with one attached hydrogen (secondary N) is 1. The second-order valence-corrected chi connectivity index (χ2v) is 6.91. The van der Waals surface area contributed by atoms with Gasteiger partial charge < -0.3 is 14.7 Å². The summed E-state index contributed by atoms with van der Waals surface area (Å²) in [6.45, 7) is 6.21. The normalized spacial score (nSPS) is 19.4. The van der Waals surface area contributed by atoms with Crippen molar-refractivity contribution in [2.45, 2.75) is 46.2 Å². The summed E-state index contributed by atoms with van der Waals surface area (Å²) < 4.78 is 19.2. The third-order valence-electron chi connectivity index (χ3n) is 5.11. The number of hydrogen-bond acceptors (Lipinski definition) is 3. The zero-order valence-electron chi connectivity index (χ0n) is 15.1. The van der Waals surface area contributed by atoms with Crippen LogP contribution in [0.25, 0.3) is 0 Å². The number of aryl methyl sites for hydroxylation is 2. The molecular weight excluding hydrogens is 321 g/mol. The van der Waals surface area contributed by atoms with Crippen LogP contribution in [0.15, 0.2) is 22.7 Å². The lowest BCUT2D eigenvalue weighted by Crippen LogP contribution is -2.42. The Morgan fingerprint density at radius 3 is 2.88 bits per heavy atom. The number of aromatic nitrogens is 1. The Kier molecular flexibility index (Phi) is 4.79. The van der Waals surface area contributed by atoms with E-state index in [1.165, 1.54) is 6.07 Å². The van der Waals surface area contributed by atoms with E-state index in [4.69, 9.17) is 4.52 Å². The molecule has 5 nitrogen and oxygen atoms in total. The highest BCUT2D eigenvalue weighted by Gasteiger charge is 2.30. The number of fused-ring (bicyclic) bond motifs is 1. The maximum absolute atomic E-state index is 14.1. The SMILES string of the molecule is Cc1noc(C)c1CN(C)C(=O)N[C@@H]1c2cccc(F)c2CC[C@@H]1C. The van der Waals surface area contributed by atoms with Crippen LogP contribution in [0.5, 0.6) is 0 Å². The number of urea groups is 1. The van der Waals surface area contributed by atoms with Gasteiger partial charge in [-0.2, -0.15) is 0 Å². The van der Waals surface area contributed by atoms with Crippen LogP contribution in [0.2, 0.25) is 0 Å². The first-order chi connectivity index (χ1) is 11.9. The van der Waals surface area contributed by atoms with Crippen molar-refractivity contribution in [3.05, 3.63) is 52.2 Å². The van der Waals surface area contributed by atoms with E-state index < -0.39 is 0 Å². The lowest BCUT2D eigenvalue weighted by Gasteiger charge is -2.33. The molecule has 0 spiro atoms. The fourth-order valence-corrected chi connectivity index (χ4v) is 3.48. The number of hydrogen-bond donors (Lipinski definition) is 1. The van der Waals surface area contributed by atoms with Crippen molar-refractivity contribution >= 4 is 6.03 Å². The molecule has 1 aliphatic carbocycles. The van der Waals surface area contributed by atoms with Gasteiger partial charge in [-0.05, 0) is 49.8 Å². The highest BCUT2D eigenvalue weighted by Crippen LogP contribution is 2.35. The predicted octanol–water partition coefficient (Wildman–Crippen LogP) is 3.90. The molecule has 2 aromatic rings. The zero-order valence-corrected chi connectivity index (χ0v) is 15.1. The molecular formula is C19H24FN3O2. The summed E-state index contributed by atoms with van der Waals surface area (Å²) in [4.78, 5) is 14.3. The van der Waals surface area contributed by atoms with Crippen LogP contribution in [-0.2, 0) is 13.0 Å². The molecule has 1 N–H and O–H groups in total. The Morgan fingerprint density at radius 1 is 1.44 bits per heavy atom. The molecule has 2 atom stereocenters. The Morgan fingerprint density at radius 2 is 2.20 bits per heavy atom. The Hall–Kier alpha value is -2.37. The molecule has 1 heterocycles. The lowest BCUT2D eigenvalue weighted by molar-refractivity contribution is 0.195. The van der Waals surface area contributed by atoms with Gasteiger partial charge in [0.1, 0.15) is 11.6 Å². The van der Waals surface area contributed by atoms with E-state index in [2.05, 4.69) is 17.4 Å². The van der Waals surface area contributed by atoms with Crippen molar-refractivity contribution in [1.29, 1.82) is 0 Å². The van der Waals surface area contributed by atoms with Crippen LogP contribution in [-0.4, -0.2) is 23.1 Å². The second kappa shape index (κ2) is 6.86. The number of nitrogens with zero attached hydrogens (tertiary/aromatic N) is 2. The number of rotatable bonds is 3. The van der Waals surface area contributed by atoms with E-state index >= 15 is 0 Å². The van der Waals surface area contributed by atoms with Crippen LogP contribution in [0, 0.1) is 25.6 Å². The maximum Gasteiger partial charge on any atom is 0.317 e. The third kappa shape index (κ3) is 3.38. The standard InChI is InChI=1S/C19H24FN3O2/c1-11-8-9-14-15(6-5-7-17(14)20)18(11)21-19(24)23(4)10-16-12(2)22-25-13(16)3/h5-7,11,18H,8-10H2,1-4H3,(H,21,24)/t11-,18-/m0/s1. The summed E-state index contributed by atoms with van der Waals surface area (Å²) in [7, 11) is 1.74. The van der Waals surface area contributed by atoms with Crippen LogP contribution in [0.1, 0.15) is 47.5 Å². The predicted molar refractivity (Wildman–Crippen MR) is 92.6 cm³/mol. The topological polar surface area (TPSA) is 58.4 Å². The molecule has 3 rings (SSSR count).